The molecule has 0 aromatic heterocycles. The van der Waals surface area contributed by atoms with Gasteiger partial charge in [-0.25, -0.2) is 4.39 Å². The molecule has 0 atom stereocenters. The Balaban J connectivity index is 3.36. The van der Waals surface area contributed by atoms with Crippen molar-refractivity contribution in [3.8, 4) is 0 Å². The molecule has 1 rings (SSSR count). The quantitative estimate of drug-likeness (QED) is 0.565. The van der Waals surface area contributed by atoms with Crippen molar-refractivity contribution in [2.75, 3.05) is 0 Å². The molecule has 0 unspecified atom stereocenters. The molecule has 0 N–H and O–H groups in total. The van der Waals surface area contributed by atoms with Gasteiger partial charge in [0.1, 0.15) is 5.82 Å². The van der Waals surface area contributed by atoms with Crippen LogP contribution < -0.4 is 0 Å². The van der Waals surface area contributed by atoms with Gasteiger partial charge in [-0.1, -0.05) is 15.9 Å². The highest BCUT2D eigenvalue weighted by molar-refractivity contribution is 9.10. The number of halogens is 5. The zero-order valence-corrected chi connectivity index (χ0v) is 8.12. The Hall–Kier alpha value is -0.910. The van der Waals surface area contributed by atoms with Crippen molar-refractivity contribution < 1.29 is 22.4 Å². The van der Waals surface area contributed by atoms with Crippen LogP contribution >= 0.6 is 15.9 Å². The maximum atomic E-state index is 12.8. The minimum atomic E-state index is -4.64. The van der Waals surface area contributed by atoms with Gasteiger partial charge in [-0.15, -0.1) is 0 Å². The van der Waals surface area contributed by atoms with E-state index >= 15 is 0 Å². The van der Waals surface area contributed by atoms with E-state index in [1.54, 1.807) is 0 Å². The van der Waals surface area contributed by atoms with Gasteiger partial charge in [0.25, 0.3) is 0 Å². The number of carbonyl (C=O) groups excluding carboxylic acids is 1. The van der Waals surface area contributed by atoms with Gasteiger partial charge in [0.05, 0.1) is 11.1 Å². The topological polar surface area (TPSA) is 17.1 Å². The minimum Gasteiger partial charge on any atom is -0.298 e. The van der Waals surface area contributed by atoms with Crippen LogP contribution in [-0.2, 0) is 6.18 Å². The van der Waals surface area contributed by atoms with E-state index in [2.05, 4.69) is 15.9 Å². The van der Waals surface area contributed by atoms with Gasteiger partial charge in [-0.2, -0.15) is 13.2 Å². The lowest BCUT2D eigenvalue weighted by Gasteiger charge is -2.09. The first-order chi connectivity index (χ1) is 6.36. The van der Waals surface area contributed by atoms with Crippen molar-refractivity contribution in [1.82, 2.24) is 0 Å². The van der Waals surface area contributed by atoms with Crippen LogP contribution in [0.1, 0.15) is 15.9 Å². The Kier molecular flexibility index (Phi) is 2.94. The molecule has 1 aromatic carbocycles. The molecule has 1 aromatic rings. The highest BCUT2D eigenvalue weighted by atomic mass is 79.9. The van der Waals surface area contributed by atoms with Gasteiger partial charge < -0.3 is 0 Å². The van der Waals surface area contributed by atoms with Crippen LogP contribution in [0.2, 0.25) is 0 Å². The van der Waals surface area contributed by atoms with Crippen molar-refractivity contribution in [1.29, 1.82) is 0 Å². The predicted molar refractivity (Wildman–Crippen MR) is 44.5 cm³/mol. The molecule has 0 saturated heterocycles. The molecule has 76 valence electrons. The first kappa shape index (κ1) is 11.2. The molecular formula is C8H3BrF4O. The van der Waals surface area contributed by atoms with E-state index in [1.807, 2.05) is 0 Å². The second kappa shape index (κ2) is 3.68. The fourth-order valence-electron chi connectivity index (χ4n) is 0.870. The van der Waals surface area contributed by atoms with E-state index in [0.717, 1.165) is 6.07 Å². The molecular weight excluding hydrogens is 268 g/mol. The fraction of sp³-hybridized carbons (Fsp3) is 0.125. The number of rotatable bonds is 1. The molecule has 14 heavy (non-hydrogen) atoms. The Morgan fingerprint density at radius 3 is 2.29 bits per heavy atom. The van der Waals surface area contributed by atoms with Crippen LogP contribution in [0, 0.1) is 5.82 Å². The maximum absolute atomic E-state index is 12.8. The summed E-state index contributed by atoms with van der Waals surface area (Å²) in [5, 5.41) is 0. The van der Waals surface area contributed by atoms with Crippen molar-refractivity contribution in [2.45, 2.75) is 6.18 Å². The summed E-state index contributed by atoms with van der Waals surface area (Å²) in [6.45, 7) is 0. The summed E-state index contributed by atoms with van der Waals surface area (Å²) in [7, 11) is 0. The van der Waals surface area contributed by atoms with Crippen molar-refractivity contribution in [2.24, 2.45) is 0 Å². The third-order valence-corrected chi connectivity index (χ3v) is 2.17. The average Bonchev–Trinajstić information content (AvgIpc) is 2.06. The summed E-state index contributed by atoms with van der Waals surface area (Å²) >= 11 is 2.61. The standard InChI is InChI=1S/C8H3BrF4O/c9-6-1-4(3-14)7(10)2-5(6)8(11,12)13/h1-3H. The molecule has 0 radical (unpaired) electrons. The van der Waals surface area contributed by atoms with E-state index in [0.29, 0.717) is 0 Å². The van der Waals surface area contributed by atoms with E-state index in [1.165, 1.54) is 0 Å². The molecule has 6 heteroatoms. The van der Waals surface area contributed by atoms with Crippen molar-refractivity contribution in [3.63, 3.8) is 0 Å². The van der Waals surface area contributed by atoms with Gasteiger partial charge in [0.2, 0.25) is 0 Å². The number of carbonyl (C=O) groups is 1. The fourth-order valence-corrected chi connectivity index (χ4v) is 1.46. The second-order valence-corrected chi connectivity index (χ2v) is 3.32. The largest absolute Gasteiger partial charge is 0.417 e. The summed E-state index contributed by atoms with van der Waals surface area (Å²) in [5.41, 5.74) is -1.55. The van der Waals surface area contributed by atoms with Crippen LogP contribution in [0.25, 0.3) is 0 Å². The van der Waals surface area contributed by atoms with Crippen molar-refractivity contribution in [3.05, 3.63) is 33.5 Å². The molecule has 0 aliphatic rings. The highest BCUT2D eigenvalue weighted by Crippen LogP contribution is 2.35. The number of benzene rings is 1. The van der Waals surface area contributed by atoms with Crippen LogP contribution in [0.5, 0.6) is 0 Å². The average molecular weight is 271 g/mol. The van der Waals surface area contributed by atoms with Crippen LogP contribution in [0.4, 0.5) is 17.6 Å². The lowest BCUT2D eigenvalue weighted by Crippen LogP contribution is -2.07. The Morgan fingerprint density at radius 2 is 1.86 bits per heavy atom. The smallest absolute Gasteiger partial charge is 0.298 e. The van der Waals surface area contributed by atoms with E-state index in [9.17, 15) is 22.4 Å². The SMILES string of the molecule is O=Cc1cc(Br)c(C(F)(F)F)cc1F. The molecule has 1 nitrogen and oxygen atoms in total. The number of aldehydes is 1. The molecule has 0 heterocycles. The monoisotopic (exact) mass is 270 g/mol. The molecule has 0 saturated carbocycles. The minimum absolute atomic E-state index is 0.153. The van der Waals surface area contributed by atoms with E-state index < -0.39 is 23.1 Å². The zero-order chi connectivity index (χ0) is 10.9. The molecule has 0 bridgehead atoms. The molecule has 0 spiro atoms. The first-order valence-corrected chi connectivity index (χ1v) is 4.17. The van der Waals surface area contributed by atoms with Crippen molar-refractivity contribution >= 4 is 22.2 Å². The second-order valence-electron chi connectivity index (χ2n) is 2.47. The summed E-state index contributed by atoms with van der Waals surface area (Å²) < 4.78 is 49.0. The number of hydrogen-bond acceptors (Lipinski definition) is 1. The summed E-state index contributed by atoms with van der Waals surface area (Å²) in [5.74, 6) is -1.18. The predicted octanol–water partition coefficient (Wildman–Crippen LogP) is 3.42. The molecule has 0 fully saturated rings. The van der Waals surface area contributed by atoms with Gasteiger partial charge in [0.15, 0.2) is 6.29 Å². The molecule has 0 amide bonds. The number of hydrogen-bond donors (Lipinski definition) is 0. The van der Waals surface area contributed by atoms with Crippen LogP contribution in [0.3, 0.4) is 0 Å². The van der Waals surface area contributed by atoms with Gasteiger partial charge in [-0.05, 0) is 12.1 Å². The molecule has 0 aliphatic heterocycles. The van der Waals surface area contributed by atoms with Crippen LogP contribution in [0.15, 0.2) is 16.6 Å². The Morgan fingerprint density at radius 1 is 1.29 bits per heavy atom. The normalized spacial score (nSPS) is 11.5. The molecule has 0 aliphatic carbocycles. The Labute approximate surface area is 84.9 Å². The first-order valence-electron chi connectivity index (χ1n) is 3.37. The Bertz CT molecular complexity index is 372. The zero-order valence-electron chi connectivity index (χ0n) is 6.53. The summed E-state index contributed by atoms with van der Waals surface area (Å²) in [6.07, 6.45) is -4.48. The third-order valence-electron chi connectivity index (χ3n) is 1.52. The lowest BCUT2D eigenvalue weighted by molar-refractivity contribution is -0.138. The van der Waals surface area contributed by atoms with E-state index in [-0.39, 0.29) is 16.8 Å². The maximum Gasteiger partial charge on any atom is 0.417 e. The highest BCUT2D eigenvalue weighted by Gasteiger charge is 2.33. The van der Waals surface area contributed by atoms with Gasteiger partial charge in [-0.3, -0.25) is 4.79 Å². The number of alkyl halides is 3. The summed E-state index contributed by atoms with van der Waals surface area (Å²) in [4.78, 5) is 10.2. The van der Waals surface area contributed by atoms with Gasteiger partial charge >= 0.3 is 6.18 Å². The van der Waals surface area contributed by atoms with Crippen LogP contribution in [-0.4, -0.2) is 6.29 Å². The van der Waals surface area contributed by atoms with Gasteiger partial charge in [0, 0.05) is 4.47 Å². The van der Waals surface area contributed by atoms with E-state index in [4.69, 9.17) is 0 Å². The third kappa shape index (κ3) is 2.12. The summed E-state index contributed by atoms with van der Waals surface area (Å²) in [6, 6.07) is 1.08. The lowest BCUT2D eigenvalue weighted by atomic mass is 10.1.